The second-order valence-electron chi connectivity index (χ2n) is 10.5. The van der Waals surface area contributed by atoms with Crippen molar-refractivity contribution in [3.63, 3.8) is 0 Å². The zero-order chi connectivity index (χ0) is 23.5. The van der Waals surface area contributed by atoms with E-state index in [1.807, 2.05) is 11.8 Å². The molecule has 4 rings (SSSR count). The maximum absolute atomic E-state index is 13.1. The summed E-state index contributed by atoms with van der Waals surface area (Å²) in [5.74, 6) is -2.38. The first-order valence-corrected chi connectivity index (χ1v) is 12.3. The number of nitrogens with one attached hydrogen (secondary N) is 1. The van der Waals surface area contributed by atoms with Gasteiger partial charge in [-0.2, -0.15) is 0 Å². The average molecular weight is 503 g/mol. The molecule has 0 saturated carbocycles. The number of carboxylic acid groups (broad SMARTS) is 1. The Kier molecular flexibility index (Phi) is 7.46. The molecule has 11 heteroatoms. The van der Waals surface area contributed by atoms with E-state index in [4.69, 9.17) is 0 Å². The quantitative estimate of drug-likeness (QED) is 0.354. The number of rotatable bonds is 6. The van der Waals surface area contributed by atoms with Crippen molar-refractivity contribution >= 4 is 42.0 Å². The molecule has 2 amide bonds. The predicted molar refractivity (Wildman–Crippen MR) is 125 cm³/mol. The number of likely N-dealkylation sites (N-methyl/N-ethyl adjacent to an activating group) is 1. The van der Waals surface area contributed by atoms with Gasteiger partial charge in [-0.25, -0.2) is 0 Å². The minimum Gasteiger partial charge on any atom is -0.543 e. The van der Waals surface area contributed by atoms with Gasteiger partial charge >= 0.3 is 0 Å². The van der Waals surface area contributed by atoms with Gasteiger partial charge in [0, 0.05) is 35.6 Å². The normalized spacial score (nSPS) is 34.8. The molecular weight excluding hydrogens is 468 g/mol. The molecule has 0 spiro atoms. The van der Waals surface area contributed by atoms with Crippen LogP contribution < -0.4 is 10.4 Å². The molecule has 1 unspecified atom stereocenters. The highest BCUT2D eigenvalue weighted by Gasteiger charge is 2.59. The van der Waals surface area contributed by atoms with Crippen LogP contribution in [0.25, 0.3) is 0 Å². The zero-order valence-corrected chi connectivity index (χ0v) is 21.4. The summed E-state index contributed by atoms with van der Waals surface area (Å²) in [6.45, 7) is 5.59. The van der Waals surface area contributed by atoms with E-state index in [0.29, 0.717) is 23.9 Å². The Labute approximate surface area is 205 Å². The van der Waals surface area contributed by atoms with Crippen molar-refractivity contribution in [3.05, 3.63) is 10.6 Å². The number of carbonyl (C=O) groups excluding carboxylic acids is 3. The van der Waals surface area contributed by atoms with Crippen molar-refractivity contribution in [2.45, 2.75) is 56.2 Å². The van der Waals surface area contributed by atoms with Crippen LogP contribution in [0, 0.1) is 11.8 Å². The summed E-state index contributed by atoms with van der Waals surface area (Å²) in [7, 11) is 6.46. The van der Waals surface area contributed by atoms with Crippen LogP contribution in [0.1, 0.15) is 26.7 Å². The number of fused-ring (bicyclic) bond motifs is 1. The van der Waals surface area contributed by atoms with Gasteiger partial charge in [0.1, 0.15) is 6.04 Å². The van der Waals surface area contributed by atoms with E-state index < -0.39 is 18.0 Å². The molecule has 0 aromatic rings. The van der Waals surface area contributed by atoms with Crippen molar-refractivity contribution in [3.8, 4) is 0 Å². The maximum Gasteiger partial charge on any atom is 0.239 e. The molecule has 3 saturated heterocycles. The number of carbonyl (C=O) groups is 3. The van der Waals surface area contributed by atoms with Crippen molar-refractivity contribution in [2.75, 3.05) is 40.8 Å². The summed E-state index contributed by atoms with van der Waals surface area (Å²) in [6.07, 6.45) is 0.781. The molecule has 2 N–H and O–H groups in total. The van der Waals surface area contributed by atoms with Gasteiger partial charge in [0.05, 0.1) is 63.5 Å². The van der Waals surface area contributed by atoms with Gasteiger partial charge in [-0.1, -0.05) is 6.92 Å². The molecule has 0 aromatic carbocycles. The number of thioether (sulfide) groups is 1. The maximum atomic E-state index is 13.1. The Bertz CT molecular complexity index is 860. The van der Waals surface area contributed by atoms with E-state index in [1.54, 1.807) is 6.92 Å². The van der Waals surface area contributed by atoms with Crippen LogP contribution >= 0.6 is 24.2 Å². The Morgan fingerprint density at radius 3 is 2.52 bits per heavy atom. The second kappa shape index (κ2) is 9.37. The van der Waals surface area contributed by atoms with Gasteiger partial charge in [0.25, 0.3) is 0 Å². The molecule has 4 aliphatic rings. The average Bonchev–Trinajstić information content (AvgIpc) is 3.40. The highest BCUT2D eigenvalue weighted by atomic mass is 35.5. The topological polar surface area (TPSA) is 113 Å². The predicted octanol–water partition coefficient (Wildman–Crippen LogP) is -1.00. The summed E-state index contributed by atoms with van der Waals surface area (Å²) in [6, 6.07) is -0.183. The third-order valence-corrected chi connectivity index (χ3v) is 9.07. The van der Waals surface area contributed by atoms with Gasteiger partial charge < -0.3 is 34.6 Å². The Hall–Kier alpha value is -1.33. The molecule has 4 aliphatic heterocycles. The summed E-state index contributed by atoms with van der Waals surface area (Å²) < 4.78 is 0.836. The minimum absolute atomic E-state index is 0. The van der Waals surface area contributed by atoms with Crippen LogP contribution in [0.3, 0.4) is 0 Å². The molecule has 0 radical (unpaired) electrons. The lowest BCUT2D eigenvalue weighted by molar-refractivity contribution is -0.893. The molecule has 0 bridgehead atoms. The summed E-state index contributed by atoms with van der Waals surface area (Å²) in [5, 5.41) is 25.2. The van der Waals surface area contributed by atoms with Crippen LogP contribution in [-0.4, -0.2) is 107 Å². The van der Waals surface area contributed by atoms with Gasteiger partial charge in [0.2, 0.25) is 11.8 Å². The summed E-state index contributed by atoms with van der Waals surface area (Å²) in [5.41, 5.74) is -0.0606. The SMILES string of the molecule is CC(O)[C@H]1C(=O)N2C(C(=O)[O-])=C(S[C@@H]3CN[C@H](C(=O)N4CC[C@@H]([N+](C)(C)C)C4)C3)[C@H](C)[C@H]12.Cl. The largest absolute Gasteiger partial charge is 0.543 e. The summed E-state index contributed by atoms with van der Waals surface area (Å²) >= 11 is 1.44. The number of nitrogens with zero attached hydrogens (tertiary/aromatic N) is 3. The van der Waals surface area contributed by atoms with E-state index >= 15 is 0 Å². The first kappa shape index (κ1) is 26.3. The number of aliphatic carboxylic acids is 1. The minimum atomic E-state index is -1.36. The number of quaternary nitrogens is 1. The standard InChI is InChI=1S/C22H34N4O5S.ClH/c1-11-17-16(12(2)27)21(29)25(17)18(22(30)31)19(11)32-14-8-15(23-9-14)20(28)24-7-6-13(10-24)26(3,4)5;/h11-17,23,27H,6-10H2,1-5H3;1H/t11-,12?,13-,14+,15+,16-,17-;/m1./s1. The van der Waals surface area contributed by atoms with Gasteiger partial charge in [0.15, 0.2) is 0 Å². The number of aliphatic hydroxyl groups is 1. The van der Waals surface area contributed by atoms with Crippen molar-refractivity contribution in [1.82, 2.24) is 15.1 Å². The molecule has 9 nitrogen and oxygen atoms in total. The van der Waals surface area contributed by atoms with E-state index in [2.05, 4.69) is 26.5 Å². The van der Waals surface area contributed by atoms with Crippen LogP contribution in [0.15, 0.2) is 10.6 Å². The third-order valence-electron chi connectivity index (χ3n) is 7.55. The van der Waals surface area contributed by atoms with Gasteiger partial charge in [-0.3, -0.25) is 9.59 Å². The fourth-order valence-corrected chi connectivity index (χ4v) is 7.10. The number of hydrogen-bond donors (Lipinski definition) is 2. The van der Waals surface area contributed by atoms with E-state index in [1.165, 1.54) is 16.7 Å². The third kappa shape index (κ3) is 4.52. The van der Waals surface area contributed by atoms with Crippen molar-refractivity contribution in [1.29, 1.82) is 0 Å². The smallest absolute Gasteiger partial charge is 0.239 e. The highest BCUT2D eigenvalue weighted by Crippen LogP contribution is 2.51. The molecule has 33 heavy (non-hydrogen) atoms. The number of halogens is 1. The number of β-lactam (4-membered cyclic amide) rings is 1. The molecule has 4 heterocycles. The van der Waals surface area contributed by atoms with Crippen molar-refractivity contribution in [2.24, 2.45) is 11.8 Å². The zero-order valence-electron chi connectivity index (χ0n) is 19.8. The lowest BCUT2D eigenvalue weighted by Gasteiger charge is -2.47. The molecule has 3 fully saturated rings. The monoisotopic (exact) mass is 502 g/mol. The second-order valence-corrected chi connectivity index (χ2v) is 11.9. The molecule has 186 valence electrons. The lowest BCUT2D eigenvalue weighted by atomic mass is 9.79. The van der Waals surface area contributed by atoms with Crippen molar-refractivity contribution < 1.29 is 29.1 Å². The number of hydrogen-bond acceptors (Lipinski definition) is 7. The number of carboxylic acids is 1. The van der Waals surface area contributed by atoms with E-state index in [-0.39, 0.29) is 53.2 Å². The number of aliphatic hydroxyl groups excluding tert-OH is 1. The van der Waals surface area contributed by atoms with Gasteiger partial charge in [-0.05, 0) is 13.3 Å². The molecule has 0 aliphatic carbocycles. The Morgan fingerprint density at radius 1 is 1.30 bits per heavy atom. The lowest BCUT2D eigenvalue weighted by Crippen LogP contribution is -2.64. The first-order chi connectivity index (χ1) is 14.9. The fourth-order valence-electron chi connectivity index (χ4n) is 5.62. The van der Waals surface area contributed by atoms with E-state index in [9.17, 15) is 24.6 Å². The Balaban J connectivity index is 0.00000306. The Morgan fingerprint density at radius 2 is 1.97 bits per heavy atom. The van der Waals surface area contributed by atoms with Crippen LogP contribution in [-0.2, 0) is 14.4 Å². The number of likely N-dealkylation sites (tertiary alicyclic amines) is 1. The summed E-state index contributed by atoms with van der Waals surface area (Å²) in [4.78, 5) is 41.3. The van der Waals surface area contributed by atoms with E-state index in [0.717, 1.165) is 24.0 Å². The van der Waals surface area contributed by atoms with Gasteiger partial charge in [-0.15, -0.1) is 24.2 Å². The van der Waals surface area contributed by atoms with Crippen LogP contribution in [0.4, 0.5) is 0 Å². The highest BCUT2D eigenvalue weighted by molar-refractivity contribution is 8.03. The van der Waals surface area contributed by atoms with Crippen LogP contribution in [0.2, 0.25) is 0 Å². The fraction of sp³-hybridized carbons (Fsp3) is 0.773. The van der Waals surface area contributed by atoms with Crippen LogP contribution in [0.5, 0.6) is 0 Å². The first-order valence-electron chi connectivity index (χ1n) is 11.4. The number of amides is 2. The molecule has 7 atom stereocenters. The molecular formula is C22H35ClN4O5S. The molecule has 0 aromatic heterocycles.